The van der Waals surface area contributed by atoms with Crippen molar-refractivity contribution in [2.24, 2.45) is 11.5 Å². The molecule has 4 N–H and O–H groups in total. The van der Waals surface area contributed by atoms with Crippen molar-refractivity contribution in [3.63, 3.8) is 0 Å². The fourth-order valence-electron chi connectivity index (χ4n) is 4.70. The molecule has 0 saturated carbocycles. The summed E-state index contributed by atoms with van der Waals surface area (Å²) in [5, 5.41) is 9.19. The Morgan fingerprint density at radius 2 is 2.00 bits per heavy atom. The van der Waals surface area contributed by atoms with Crippen LogP contribution in [0.4, 0.5) is 5.69 Å². The topological polar surface area (TPSA) is 137 Å². The number of amides is 3. The third kappa shape index (κ3) is 3.34. The third-order valence-corrected chi connectivity index (χ3v) is 6.13. The summed E-state index contributed by atoms with van der Waals surface area (Å²) in [7, 11) is 0. The molecule has 0 radical (unpaired) electrons. The van der Waals surface area contributed by atoms with E-state index in [1.807, 2.05) is 4.90 Å². The van der Waals surface area contributed by atoms with Crippen LogP contribution >= 0.6 is 0 Å². The van der Waals surface area contributed by atoms with Crippen molar-refractivity contribution in [1.82, 2.24) is 9.80 Å². The van der Waals surface area contributed by atoms with Crippen molar-refractivity contribution < 1.29 is 14.4 Å². The lowest BCUT2D eigenvalue weighted by Gasteiger charge is -2.35. The maximum atomic E-state index is 12.9. The maximum Gasteiger partial charge on any atom is 0.248 e. The zero-order valence-corrected chi connectivity index (χ0v) is 16.0. The highest BCUT2D eigenvalue weighted by Gasteiger charge is 2.50. The van der Waals surface area contributed by atoms with Gasteiger partial charge in [-0.3, -0.25) is 19.3 Å². The third-order valence-electron chi connectivity index (χ3n) is 6.13. The Bertz CT molecular complexity index is 879. The van der Waals surface area contributed by atoms with E-state index in [-0.39, 0.29) is 23.9 Å². The summed E-state index contributed by atoms with van der Waals surface area (Å²) in [6, 6.07) is 7.40. The molecule has 9 nitrogen and oxygen atoms in total. The second-order valence-corrected chi connectivity index (χ2v) is 7.90. The predicted molar refractivity (Wildman–Crippen MR) is 105 cm³/mol. The smallest absolute Gasteiger partial charge is 0.248 e. The number of carbonyl (C=O) groups is 3. The lowest BCUT2D eigenvalue weighted by Crippen LogP contribution is -2.56. The lowest BCUT2D eigenvalue weighted by atomic mass is 10.1. The van der Waals surface area contributed by atoms with Gasteiger partial charge in [-0.2, -0.15) is 5.26 Å². The molecule has 0 spiro atoms. The molecule has 0 aromatic heterocycles. The van der Waals surface area contributed by atoms with Crippen LogP contribution in [0.2, 0.25) is 0 Å². The molecule has 3 aliphatic heterocycles. The molecule has 3 amide bonds. The number of likely N-dealkylation sites (tertiary alicyclic amines) is 2. The summed E-state index contributed by atoms with van der Waals surface area (Å²) in [4.78, 5) is 42.1. The van der Waals surface area contributed by atoms with Gasteiger partial charge < -0.3 is 21.3 Å². The molecule has 3 fully saturated rings. The molecule has 0 aliphatic carbocycles. The minimum atomic E-state index is -0.751. The van der Waals surface area contributed by atoms with Crippen LogP contribution in [-0.2, 0) is 9.59 Å². The molecule has 1 aromatic carbocycles. The largest absolute Gasteiger partial charge is 0.366 e. The minimum Gasteiger partial charge on any atom is -0.366 e. The first-order chi connectivity index (χ1) is 13.9. The van der Waals surface area contributed by atoms with E-state index in [0.29, 0.717) is 38.0 Å². The van der Waals surface area contributed by atoms with E-state index in [1.54, 1.807) is 34.1 Å². The predicted octanol–water partition coefficient (Wildman–Crippen LogP) is -0.583. The standard InChI is InChI=1S/C20H24N6O3/c21-9-14-2-1-7-25(14)19(28)16(22)11-24-10-15-8-17(24)20(29)26(15)13-5-3-12(4-6-13)18(23)27/h3-6,14-17H,1-2,7-8,10-11,22H2,(H2,23,27)/t14-,15?,16-,17+/m0/s1. The van der Waals surface area contributed by atoms with Crippen LogP contribution < -0.4 is 16.4 Å². The van der Waals surface area contributed by atoms with Crippen molar-refractivity contribution in [3.8, 4) is 6.07 Å². The van der Waals surface area contributed by atoms with Crippen LogP contribution in [-0.4, -0.2) is 71.3 Å². The summed E-state index contributed by atoms with van der Waals surface area (Å²) in [5.41, 5.74) is 12.6. The Balaban J connectivity index is 1.40. The van der Waals surface area contributed by atoms with Crippen LogP contribution in [0.15, 0.2) is 24.3 Å². The van der Waals surface area contributed by atoms with Crippen LogP contribution in [0, 0.1) is 11.3 Å². The van der Waals surface area contributed by atoms with E-state index in [4.69, 9.17) is 11.5 Å². The van der Waals surface area contributed by atoms with Crippen LogP contribution in [0.5, 0.6) is 0 Å². The Morgan fingerprint density at radius 1 is 1.28 bits per heavy atom. The van der Waals surface area contributed by atoms with Crippen molar-refractivity contribution in [2.75, 3.05) is 24.5 Å². The average molecular weight is 396 g/mol. The maximum absolute atomic E-state index is 12.9. The fourth-order valence-corrected chi connectivity index (χ4v) is 4.70. The number of hydrogen-bond acceptors (Lipinski definition) is 6. The Kier molecular flexibility index (Phi) is 4.98. The highest BCUT2D eigenvalue weighted by Crippen LogP contribution is 2.35. The Morgan fingerprint density at radius 3 is 2.62 bits per heavy atom. The fraction of sp³-hybridized carbons (Fsp3) is 0.500. The van der Waals surface area contributed by atoms with Gasteiger partial charge in [-0.1, -0.05) is 0 Å². The normalized spacial score (nSPS) is 27.3. The number of benzene rings is 1. The van der Waals surface area contributed by atoms with Gasteiger partial charge in [0.15, 0.2) is 0 Å². The molecular formula is C20H24N6O3. The molecule has 3 saturated heterocycles. The van der Waals surface area contributed by atoms with Crippen LogP contribution in [0.25, 0.3) is 0 Å². The van der Waals surface area contributed by atoms with Crippen LogP contribution in [0.1, 0.15) is 29.6 Å². The van der Waals surface area contributed by atoms with E-state index in [0.717, 1.165) is 12.1 Å². The monoisotopic (exact) mass is 396 g/mol. The quantitative estimate of drug-likeness (QED) is 0.683. The molecule has 152 valence electrons. The average Bonchev–Trinajstić information content (AvgIpc) is 3.41. The van der Waals surface area contributed by atoms with E-state index in [9.17, 15) is 19.6 Å². The van der Waals surface area contributed by atoms with Crippen molar-refractivity contribution >= 4 is 23.4 Å². The molecule has 9 heteroatoms. The van der Waals surface area contributed by atoms with Gasteiger partial charge in [0, 0.05) is 30.9 Å². The van der Waals surface area contributed by atoms with Gasteiger partial charge in [-0.25, -0.2) is 0 Å². The molecule has 1 aromatic rings. The second-order valence-electron chi connectivity index (χ2n) is 7.90. The van der Waals surface area contributed by atoms with Crippen LogP contribution in [0.3, 0.4) is 0 Å². The van der Waals surface area contributed by atoms with Gasteiger partial charge in [0.25, 0.3) is 0 Å². The molecule has 3 aliphatic rings. The molecular weight excluding hydrogens is 372 g/mol. The summed E-state index contributed by atoms with van der Waals surface area (Å²) < 4.78 is 0. The van der Waals surface area contributed by atoms with Gasteiger partial charge in [0.1, 0.15) is 6.04 Å². The number of fused-ring (bicyclic) bond motifs is 2. The zero-order chi connectivity index (χ0) is 20.7. The van der Waals surface area contributed by atoms with Gasteiger partial charge in [0.2, 0.25) is 17.7 Å². The van der Waals surface area contributed by atoms with E-state index < -0.39 is 18.0 Å². The van der Waals surface area contributed by atoms with E-state index >= 15 is 0 Å². The SMILES string of the molecule is N#C[C@@H]1CCCN1C(=O)[C@@H](N)CN1CC2C[C@@H]1C(=O)N2c1ccc(C(N)=O)cc1. The molecule has 4 atom stereocenters. The first-order valence-electron chi connectivity index (χ1n) is 9.83. The first kappa shape index (κ1) is 19.4. The number of nitriles is 1. The number of rotatable bonds is 5. The van der Waals surface area contributed by atoms with Gasteiger partial charge in [-0.15, -0.1) is 0 Å². The van der Waals surface area contributed by atoms with Crippen molar-refractivity contribution in [1.29, 1.82) is 5.26 Å². The van der Waals surface area contributed by atoms with Gasteiger partial charge in [-0.05, 0) is 43.5 Å². The highest BCUT2D eigenvalue weighted by molar-refractivity contribution is 6.02. The summed E-state index contributed by atoms with van der Waals surface area (Å²) in [5.74, 6) is -0.751. The van der Waals surface area contributed by atoms with Crippen molar-refractivity contribution in [2.45, 2.75) is 43.4 Å². The van der Waals surface area contributed by atoms with E-state index in [2.05, 4.69) is 6.07 Å². The van der Waals surface area contributed by atoms with Gasteiger partial charge >= 0.3 is 0 Å². The summed E-state index contributed by atoms with van der Waals surface area (Å²) >= 11 is 0. The van der Waals surface area contributed by atoms with Gasteiger partial charge in [0.05, 0.1) is 24.2 Å². The van der Waals surface area contributed by atoms with E-state index in [1.165, 1.54) is 0 Å². The highest BCUT2D eigenvalue weighted by atomic mass is 16.2. The Hall–Kier alpha value is -2.96. The lowest BCUT2D eigenvalue weighted by molar-refractivity contribution is -0.134. The summed E-state index contributed by atoms with van der Waals surface area (Å²) in [6.07, 6.45) is 2.18. The number of carbonyl (C=O) groups excluding carboxylic acids is 3. The molecule has 1 unspecified atom stereocenters. The number of hydrogen-bond donors (Lipinski definition) is 2. The molecule has 3 heterocycles. The molecule has 4 rings (SSSR count). The minimum absolute atomic E-state index is 0.00729. The number of nitrogens with zero attached hydrogens (tertiary/aromatic N) is 4. The number of primary amides is 1. The van der Waals surface area contributed by atoms with Crippen molar-refractivity contribution in [3.05, 3.63) is 29.8 Å². The zero-order valence-electron chi connectivity index (χ0n) is 16.0. The summed E-state index contributed by atoms with van der Waals surface area (Å²) in [6.45, 7) is 1.50. The number of nitrogens with two attached hydrogens (primary N) is 2. The number of anilines is 1. The Labute approximate surface area is 168 Å². The molecule has 29 heavy (non-hydrogen) atoms. The number of piperazine rings is 1. The first-order valence-corrected chi connectivity index (χ1v) is 9.83. The second kappa shape index (κ2) is 7.46. The molecule has 2 bridgehead atoms.